The molecule has 0 aromatic carbocycles. The molecule has 0 aliphatic rings. The molecular formula is C10H17NO4S. The number of aliphatic hydroxyl groups is 1. The van der Waals surface area contributed by atoms with E-state index >= 15 is 0 Å². The van der Waals surface area contributed by atoms with Gasteiger partial charge in [-0.3, -0.25) is 0 Å². The predicted octanol–water partition coefficient (Wildman–Crippen LogP) is 1.24. The first kappa shape index (κ1) is 13.2. The molecule has 5 nitrogen and oxygen atoms in total. The highest BCUT2D eigenvalue weighted by molar-refractivity contribution is 7.89. The van der Waals surface area contributed by atoms with Gasteiger partial charge in [-0.25, -0.2) is 13.1 Å². The van der Waals surface area contributed by atoms with Crippen molar-refractivity contribution in [2.24, 2.45) is 0 Å². The quantitative estimate of drug-likeness (QED) is 0.792. The summed E-state index contributed by atoms with van der Waals surface area (Å²) in [5.74, 6) is 0.241. The molecule has 0 aliphatic carbocycles. The highest BCUT2D eigenvalue weighted by Crippen LogP contribution is 2.15. The average Bonchev–Trinajstić information content (AvgIpc) is 2.75. The highest BCUT2D eigenvalue weighted by atomic mass is 32.2. The fourth-order valence-corrected chi connectivity index (χ4v) is 2.67. The fourth-order valence-electron chi connectivity index (χ4n) is 1.32. The Morgan fingerprint density at radius 3 is 2.44 bits per heavy atom. The topological polar surface area (TPSA) is 79.5 Å². The summed E-state index contributed by atoms with van der Waals surface area (Å²) in [4.78, 5) is 0. The van der Waals surface area contributed by atoms with Crippen molar-refractivity contribution >= 4 is 10.0 Å². The Morgan fingerprint density at radius 1 is 1.38 bits per heavy atom. The van der Waals surface area contributed by atoms with E-state index in [1.807, 2.05) is 13.8 Å². The van der Waals surface area contributed by atoms with Gasteiger partial charge in [-0.05, 0) is 25.0 Å². The summed E-state index contributed by atoms with van der Waals surface area (Å²) in [7, 11) is -3.60. The summed E-state index contributed by atoms with van der Waals surface area (Å²) >= 11 is 0. The third kappa shape index (κ3) is 3.07. The third-order valence-electron chi connectivity index (χ3n) is 2.37. The first-order valence-corrected chi connectivity index (χ1v) is 6.73. The van der Waals surface area contributed by atoms with E-state index in [4.69, 9.17) is 9.52 Å². The van der Waals surface area contributed by atoms with Gasteiger partial charge in [0.2, 0.25) is 5.09 Å². The van der Waals surface area contributed by atoms with Crippen molar-refractivity contribution in [2.75, 3.05) is 0 Å². The van der Waals surface area contributed by atoms with Crippen molar-refractivity contribution in [1.29, 1.82) is 0 Å². The number of hydrogen-bond acceptors (Lipinski definition) is 4. The van der Waals surface area contributed by atoms with Crippen LogP contribution in [0, 0.1) is 0 Å². The second-order valence-electron chi connectivity index (χ2n) is 3.51. The zero-order valence-electron chi connectivity index (χ0n) is 9.43. The summed E-state index contributed by atoms with van der Waals surface area (Å²) < 4.78 is 31.1. The Morgan fingerprint density at radius 2 is 2.00 bits per heavy atom. The van der Waals surface area contributed by atoms with E-state index < -0.39 is 10.0 Å². The molecule has 0 saturated carbocycles. The van der Waals surface area contributed by atoms with Gasteiger partial charge in [0.15, 0.2) is 0 Å². The van der Waals surface area contributed by atoms with Crippen molar-refractivity contribution < 1.29 is 17.9 Å². The van der Waals surface area contributed by atoms with Gasteiger partial charge in [-0.2, -0.15) is 0 Å². The maximum atomic E-state index is 11.8. The number of aliphatic hydroxyl groups excluding tert-OH is 1. The lowest BCUT2D eigenvalue weighted by Crippen LogP contribution is -2.33. The molecule has 92 valence electrons. The van der Waals surface area contributed by atoms with E-state index in [0.29, 0.717) is 0 Å². The van der Waals surface area contributed by atoms with Gasteiger partial charge < -0.3 is 9.52 Å². The Balaban J connectivity index is 2.85. The maximum Gasteiger partial charge on any atom is 0.274 e. The smallest absolute Gasteiger partial charge is 0.274 e. The van der Waals surface area contributed by atoms with Gasteiger partial charge >= 0.3 is 0 Å². The third-order valence-corrected chi connectivity index (χ3v) is 3.76. The predicted molar refractivity (Wildman–Crippen MR) is 59.3 cm³/mol. The molecule has 2 N–H and O–H groups in total. The SMILES string of the molecule is CCC(CC)NS(=O)(=O)c1ccc(CO)o1. The normalized spacial score (nSPS) is 12.2. The molecule has 0 atom stereocenters. The minimum absolute atomic E-state index is 0.0901. The van der Waals surface area contributed by atoms with Gasteiger partial charge in [-0.1, -0.05) is 13.8 Å². The largest absolute Gasteiger partial charge is 0.446 e. The molecule has 0 radical (unpaired) electrons. The summed E-state index contributed by atoms with van der Waals surface area (Å²) in [6.07, 6.45) is 1.45. The van der Waals surface area contributed by atoms with E-state index in [2.05, 4.69) is 4.72 Å². The molecular weight excluding hydrogens is 230 g/mol. The molecule has 0 unspecified atom stereocenters. The average molecular weight is 247 g/mol. The van der Waals surface area contributed by atoms with E-state index in [0.717, 1.165) is 12.8 Å². The van der Waals surface area contributed by atoms with Gasteiger partial charge in [0.05, 0.1) is 0 Å². The van der Waals surface area contributed by atoms with Crippen LogP contribution in [0.1, 0.15) is 32.4 Å². The second-order valence-corrected chi connectivity index (χ2v) is 5.16. The van der Waals surface area contributed by atoms with Crippen LogP contribution in [-0.4, -0.2) is 19.6 Å². The molecule has 6 heteroatoms. The molecule has 0 spiro atoms. The lowest BCUT2D eigenvalue weighted by atomic mass is 10.2. The van der Waals surface area contributed by atoms with Crippen LogP contribution < -0.4 is 4.72 Å². The zero-order chi connectivity index (χ0) is 12.2. The summed E-state index contributed by atoms with van der Waals surface area (Å²) in [5.41, 5.74) is 0. The van der Waals surface area contributed by atoms with Crippen LogP contribution in [0.2, 0.25) is 0 Å². The Bertz CT molecular complexity index is 420. The second kappa shape index (κ2) is 5.47. The molecule has 1 aromatic rings. The van der Waals surface area contributed by atoms with E-state index in [1.54, 1.807) is 0 Å². The van der Waals surface area contributed by atoms with Crippen LogP contribution in [0.4, 0.5) is 0 Å². The number of nitrogens with one attached hydrogen (secondary N) is 1. The van der Waals surface area contributed by atoms with Crippen LogP contribution in [0.5, 0.6) is 0 Å². The minimum Gasteiger partial charge on any atom is -0.446 e. The molecule has 0 amide bonds. The van der Waals surface area contributed by atoms with Crippen LogP contribution >= 0.6 is 0 Å². The fraction of sp³-hybridized carbons (Fsp3) is 0.600. The maximum absolute atomic E-state index is 11.8. The van der Waals surface area contributed by atoms with E-state index in [-0.39, 0.29) is 23.5 Å². The molecule has 1 rings (SSSR count). The minimum atomic E-state index is -3.60. The van der Waals surface area contributed by atoms with Crippen molar-refractivity contribution in [3.8, 4) is 0 Å². The molecule has 1 aromatic heterocycles. The van der Waals surface area contributed by atoms with E-state index in [1.165, 1.54) is 12.1 Å². The molecule has 0 bridgehead atoms. The first-order valence-electron chi connectivity index (χ1n) is 5.25. The number of hydrogen-bond donors (Lipinski definition) is 2. The molecule has 0 aliphatic heterocycles. The zero-order valence-corrected chi connectivity index (χ0v) is 10.3. The first-order chi connectivity index (χ1) is 7.53. The number of furan rings is 1. The Labute approximate surface area is 95.5 Å². The van der Waals surface area contributed by atoms with Gasteiger partial charge in [0, 0.05) is 6.04 Å². The number of rotatable bonds is 6. The lowest BCUT2D eigenvalue weighted by Gasteiger charge is -2.13. The Kier molecular flexibility index (Phi) is 4.52. The Hall–Kier alpha value is -0.850. The molecule has 16 heavy (non-hydrogen) atoms. The summed E-state index contributed by atoms with van der Waals surface area (Å²) in [6, 6.07) is 2.70. The van der Waals surface area contributed by atoms with Crippen LogP contribution in [0.15, 0.2) is 21.6 Å². The van der Waals surface area contributed by atoms with Gasteiger partial charge in [-0.15, -0.1) is 0 Å². The van der Waals surface area contributed by atoms with Crippen molar-refractivity contribution in [3.05, 3.63) is 17.9 Å². The lowest BCUT2D eigenvalue weighted by molar-refractivity contribution is 0.236. The van der Waals surface area contributed by atoms with Gasteiger partial charge in [0.1, 0.15) is 12.4 Å². The summed E-state index contributed by atoms with van der Waals surface area (Å²) in [6.45, 7) is 3.52. The molecule has 1 heterocycles. The van der Waals surface area contributed by atoms with Crippen molar-refractivity contribution in [3.63, 3.8) is 0 Å². The highest BCUT2D eigenvalue weighted by Gasteiger charge is 2.21. The standard InChI is InChI=1S/C10H17NO4S/c1-3-8(4-2)11-16(13,14)10-6-5-9(7-12)15-10/h5-6,8,11-12H,3-4,7H2,1-2H3. The van der Waals surface area contributed by atoms with E-state index in [9.17, 15) is 8.42 Å². The monoisotopic (exact) mass is 247 g/mol. The molecule has 0 saturated heterocycles. The summed E-state index contributed by atoms with van der Waals surface area (Å²) in [5, 5.41) is 8.63. The molecule has 0 fully saturated rings. The van der Waals surface area contributed by atoms with Gasteiger partial charge in [0.25, 0.3) is 10.0 Å². The number of sulfonamides is 1. The van der Waals surface area contributed by atoms with Crippen molar-refractivity contribution in [2.45, 2.75) is 44.4 Å². The van der Waals surface area contributed by atoms with Crippen molar-refractivity contribution in [1.82, 2.24) is 4.72 Å². The van der Waals surface area contributed by atoms with Crippen LogP contribution in [-0.2, 0) is 16.6 Å². The van der Waals surface area contributed by atoms with Crippen LogP contribution in [0.25, 0.3) is 0 Å². The van der Waals surface area contributed by atoms with Crippen LogP contribution in [0.3, 0.4) is 0 Å².